The van der Waals surface area contributed by atoms with E-state index in [1.807, 2.05) is 12.1 Å². The van der Waals surface area contributed by atoms with Gasteiger partial charge in [-0.3, -0.25) is 0 Å². The molecule has 2 aromatic rings. The maximum atomic E-state index is 10.5. The number of halogens is 2. The molecule has 0 bridgehead atoms. The van der Waals surface area contributed by atoms with Gasteiger partial charge in [-0.1, -0.05) is 39.7 Å². The van der Waals surface area contributed by atoms with Crippen LogP contribution in [0.5, 0.6) is 11.5 Å². The summed E-state index contributed by atoms with van der Waals surface area (Å²) >= 11 is 9.52. The van der Waals surface area contributed by atoms with Crippen LogP contribution in [0.2, 0.25) is 5.02 Å². The van der Waals surface area contributed by atoms with Crippen LogP contribution in [0, 0.1) is 0 Å². The third-order valence-corrected chi connectivity index (χ3v) is 3.96. The van der Waals surface area contributed by atoms with Gasteiger partial charge in [-0.05, 0) is 29.8 Å². The summed E-state index contributed by atoms with van der Waals surface area (Å²) < 4.78 is 11.9. The third kappa shape index (κ3) is 2.64. The lowest BCUT2D eigenvalue weighted by Crippen LogP contribution is -2.15. The fraction of sp³-hybridized carbons (Fsp3) is 0.200. The van der Waals surface area contributed by atoms with E-state index in [-0.39, 0.29) is 0 Å². The molecule has 0 fully saturated rings. The first-order valence-electron chi connectivity index (χ1n) is 6.18. The highest BCUT2D eigenvalue weighted by molar-refractivity contribution is 9.10. The maximum absolute atomic E-state index is 10.5. The van der Waals surface area contributed by atoms with Gasteiger partial charge >= 0.3 is 0 Å². The van der Waals surface area contributed by atoms with Crippen molar-refractivity contribution in [3.8, 4) is 11.5 Å². The van der Waals surface area contributed by atoms with Gasteiger partial charge in [-0.25, -0.2) is 0 Å². The summed E-state index contributed by atoms with van der Waals surface area (Å²) in [7, 11) is 0. The monoisotopic (exact) mass is 354 g/mol. The van der Waals surface area contributed by atoms with Crippen LogP contribution in [0.4, 0.5) is 0 Å². The van der Waals surface area contributed by atoms with E-state index in [9.17, 15) is 5.11 Å². The molecule has 0 saturated carbocycles. The Morgan fingerprint density at radius 3 is 2.55 bits per heavy atom. The highest BCUT2D eigenvalue weighted by atomic mass is 79.9. The predicted octanol–water partition coefficient (Wildman–Crippen LogP) is 3.96. The van der Waals surface area contributed by atoms with Crippen molar-refractivity contribution >= 4 is 27.5 Å². The van der Waals surface area contributed by atoms with Gasteiger partial charge in [0, 0.05) is 15.1 Å². The first-order valence-corrected chi connectivity index (χ1v) is 7.35. The predicted molar refractivity (Wildman–Crippen MR) is 80.6 cm³/mol. The van der Waals surface area contributed by atoms with Gasteiger partial charge in [0.2, 0.25) is 0 Å². The van der Waals surface area contributed by atoms with Crippen LogP contribution in [0.1, 0.15) is 17.2 Å². The van der Waals surface area contributed by atoms with E-state index in [2.05, 4.69) is 15.9 Å². The third-order valence-electron chi connectivity index (χ3n) is 3.14. The molecule has 0 radical (unpaired) electrons. The molecular weight excluding hydrogens is 344 g/mol. The summed E-state index contributed by atoms with van der Waals surface area (Å²) in [6, 6.07) is 10.8. The Balaban J connectivity index is 1.95. The van der Waals surface area contributed by atoms with Gasteiger partial charge in [-0.15, -0.1) is 0 Å². The van der Waals surface area contributed by atoms with Crippen molar-refractivity contribution in [3.05, 3.63) is 57.0 Å². The second-order valence-corrected chi connectivity index (χ2v) is 5.79. The SMILES string of the molecule is OC(c1ccc2c(c1)OCCO2)c1ccc(Br)cc1Cl. The van der Waals surface area contributed by atoms with Gasteiger partial charge in [0.25, 0.3) is 0 Å². The van der Waals surface area contributed by atoms with Crippen LogP contribution in [0.15, 0.2) is 40.9 Å². The number of benzene rings is 2. The Morgan fingerprint density at radius 1 is 1.05 bits per heavy atom. The second-order valence-electron chi connectivity index (χ2n) is 4.47. The van der Waals surface area contributed by atoms with Crippen LogP contribution in [-0.4, -0.2) is 18.3 Å². The zero-order chi connectivity index (χ0) is 14.1. The summed E-state index contributed by atoms with van der Waals surface area (Å²) in [5.41, 5.74) is 1.38. The van der Waals surface area contributed by atoms with Crippen LogP contribution in [0.3, 0.4) is 0 Å². The van der Waals surface area contributed by atoms with E-state index in [0.717, 1.165) is 10.0 Å². The van der Waals surface area contributed by atoms with Crippen LogP contribution in [0.25, 0.3) is 0 Å². The standard InChI is InChI=1S/C15H12BrClO3/c16-10-2-3-11(12(17)8-10)15(18)9-1-4-13-14(7-9)20-6-5-19-13/h1-4,7-8,15,18H,5-6H2. The van der Waals surface area contributed by atoms with E-state index >= 15 is 0 Å². The largest absolute Gasteiger partial charge is 0.486 e. The van der Waals surface area contributed by atoms with E-state index in [1.54, 1.807) is 24.3 Å². The molecule has 0 amide bonds. The zero-order valence-corrected chi connectivity index (χ0v) is 12.8. The number of hydrogen-bond donors (Lipinski definition) is 1. The molecule has 3 rings (SSSR count). The minimum Gasteiger partial charge on any atom is -0.486 e. The molecular formula is C15H12BrClO3. The normalized spacial score (nSPS) is 14.9. The summed E-state index contributed by atoms with van der Waals surface area (Å²) in [6.07, 6.45) is -0.800. The molecule has 5 heteroatoms. The smallest absolute Gasteiger partial charge is 0.161 e. The molecule has 0 aromatic heterocycles. The lowest BCUT2D eigenvalue weighted by molar-refractivity contribution is 0.169. The van der Waals surface area contributed by atoms with Gasteiger partial charge < -0.3 is 14.6 Å². The molecule has 3 nitrogen and oxygen atoms in total. The molecule has 20 heavy (non-hydrogen) atoms. The van der Waals surface area contributed by atoms with Gasteiger partial charge in [0.15, 0.2) is 11.5 Å². The highest BCUT2D eigenvalue weighted by Gasteiger charge is 2.18. The van der Waals surface area contributed by atoms with Gasteiger partial charge in [0.1, 0.15) is 19.3 Å². The quantitative estimate of drug-likeness (QED) is 0.886. The Bertz CT molecular complexity index is 645. The average molecular weight is 356 g/mol. The lowest BCUT2D eigenvalue weighted by atomic mass is 10.0. The molecule has 1 aliphatic rings. The van der Waals surface area contributed by atoms with E-state index in [0.29, 0.717) is 35.3 Å². The number of fused-ring (bicyclic) bond motifs is 1. The van der Waals surface area contributed by atoms with Crippen molar-refractivity contribution in [1.82, 2.24) is 0 Å². The topological polar surface area (TPSA) is 38.7 Å². The zero-order valence-electron chi connectivity index (χ0n) is 10.5. The Labute approximate surface area is 130 Å². The minimum absolute atomic E-state index is 0.516. The Kier molecular flexibility index (Phi) is 3.87. The summed E-state index contributed by atoms with van der Waals surface area (Å²) in [6.45, 7) is 1.07. The number of ether oxygens (including phenoxy) is 2. The average Bonchev–Trinajstić information content (AvgIpc) is 2.46. The van der Waals surface area contributed by atoms with Crippen LogP contribution >= 0.6 is 27.5 Å². The van der Waals surface area contributed by atoms with Crippen molar-refractivity contribution in [2.75, 3.05) is 13.2 Å². The number of rotatable bonds is 2. The number of hydrogen-bond acceptors (Lipinski definition) is 3. The molecule has 1 aliphatic heterocycles. The molecule has 104 valence electrons. The molecule has 1 atom stereocenters. The number of aliphatic hydroxyl groups excluding tert-OH is 1. The maximum Gasteiger partial charge on any atom is 0.161 e. The molecule has 1 N–H and O–H groups in total. The molecule has 1 unspecified atom stereocenters. The molecule has 1 heterocycles. The first kappa shape index (κ1) is 13.7. The van der Waals surface area contributed by atoms with Gasteiger partial charge in [-0.2, -0.15) is 0 Å². The first-order chi connectivity index (χ1) is 9.65. The van der Waals surface area contributed by atoms with E-state index in [4.69, 9.17) is 21.1 Å². The van der Waals surface area contributed by atoms with Crippen molar-refractivity contribution in [3.63, 3.8) is 0 Å². The van der Waals surface area contributed by atoms with Crippen molar-refractivity contribution < 1.29 is 14.6 Å². The van der Waals surface area contributed by atoms with Crippen LogP contribution in [-0.2, 0) is 0 Å². The summed E-state index contributed by atoms with van der Waals surface area (Å²) in [5.74, 6) is 1.36. The van der Waals surface area contributed by atoms with E-state index in [1.165, 1.54) is 0 Å². The van der Waals surface area contributed by atoms with Crippen molar-refractivity contribution in [1.29, 1.82) is 0 Å². The molecule has 0 spiro atoms. The minimum atomic E-state index is -0.800. The molecule has 0 aliphatic carbocycles. The lowest BCUT2D eigenvalue weighted by Gasteiger charge is -2.20. The summed E-state index contributed by atoms with van der Waals surface area (Å²) in [4.78, 5) is 0. The molecule has 0 saturated heterocycles. The Hall–Kier alpha value is -1.23. The van der Waals surface area contributed by atoms with Crippen LogP contribution < -0.4 is 9.47 Å². The van der Waals surface area contributed by atoms with Crippen molar-refractivity contribution in [2.24, 2.45) is 0 Å². The fourth-order valence-corrected chi connectivity index (χ4v) is 2.91. The van der Waals surface area contributed by atoms with E-state index < -0.39 is 6.10 Å². The fourth-order valence-electron chi connectivity index (χ4n) is 2.13. The van der Waals surface area contributed by atoms with Crippen molar-refractivity contribution in [2.45, 2.75) is 6.10 Å². The second kappa shape index (κ2) is 5.64. The Morgan fingerprint density at radius 2 is 1.80 bits per heavy atom. The number of aliphatic hydroxyl groups is 1. The molecule has 2 aromatic carbocycles. The van der Waals surface area contributed by atoms with Gasteiger partial charge in [0.05, 0.1) is 0 Å². The summed E-state index contributed by atoms with van der Waals surface area (Å²) in [5, 5.41) is 11.0. The highest BCUT2D eigenvalue weighted by Crippen LogP contribution is 2.36.